The Morgan fingerprint density at radius 3 is 2.67 bits per heavy atom. The second-order valence-corrected chi connectivity index (χ2v) is 6.36. The molecule has 0 atom stereocenters. The molecule has 24 heavy (non-hydrogen) atoms. The highest BCUT2D eigenvalue weighted by atomic mass is 79.9. The molecule has 0 aliphatic rings. The van der Waals surface area contributed by atoms with Crippen LogP contribution in [-0.4, -0.2) is 25.5 Å². The number of aryl methyl sites for hydroxylation is 2. The smallest absolute Gasteiger partial charge is 0.227 e. The van der Waals surface area contributed by atoms with Crippen molar-refractivity contribution >= 4 is 27.7 Å². The van der Waals surface area contributed by atoms with Crippen molar-refractivity contribution in [2.75, 3.05) is 5.32 Å². The van der Waals surface area contributed by atoms with Gasteiger partial charge >= 0.3 is 0 Å². The fraction of sp³-hybridized carbons (Fsp3) is 0.235. The van der Waals surface area contributed by atoms with Gasteiger partial charge in [0.1, 0.15) is 0 Å². The summed E-state index contributed by atoms with van der Waals surface area (Å²) in [6, 6.07) is 11.9. The number of aromatic nitrogens is 4. The number of benzene rings is 1. The first-order valence-corrected chi connectivity index (χ1v) is 8.46. The molecule has 2 heterocycles. The van der Waals surface area contributed by atoms with E-state index in [0.29, 0.717) is 25.3 Å². The molecule has 0 aliphatic carbocycles. The molecular weight excluding hydrogens is 370 g/mol. The molecule has 124 valence electrons. The third-order valence-electron chi connectivity index (χ3n) is 3.55. The number of rotatable bonds is 6. The lowest BCUT2D eigenvalue weighted by molar-refractivity contribution is -0.116. The molecule has 0 fully saturated rings. The molecule has 1 N–H and O–H groups in total. The van der Waals surface area contributed by atoms with E-state index in [-0.39, 0.29) is 5.91 Å². The Kier molecular flexibility index (Phi) is 5.10. The Balaban J connectivity index is 1.51. The van der Waals surface area contributed by atoms with E-state index in [1.54, 1.807) is 15.4 Å². The molecule has 0 unspecified atom stereocenters. The molecule has 0 aliphatic heterocycles. The van der Waals surface area contributed by atoms with Crippen LogP contribution in [-0.2, 0) is 17.9 Å². The van der Waals surface area contributed by atoms with Gasteiger partial charge in [-0.15, -0.1) is 0 Å². The van der Waals surface area contributed by atoms with E-state index in [4.69, 9.17) is 0 Å². The van der Waals surface area contributed by atoms with E-state index in [9.17, 15) is 4.79 Å². The van der Waals surface area contributed by atoms with E-state index in [2.05, 4.69) is 31.4 Å². The first kappa shape index (κ1) is 16.4. The van der Waals surface area contributed by atoms with Crippen LogP contribution in [0.2, 0.25) is 0 Å². The van der Waals surface area contributed by atoms with Crippen molar-refractivity contribution in [3.05, 3.63) is 64.5 Å². The number of amides is 1. The number of carbonyl (C=O) groups is 1. The van der Waals surface area contributed by atoms with Crippen LogP contribution in [0, 0.1) is 6.92 Å². The molecular formula is C17H18BrN5O. The molecule has 0 saturated carbocycles. The molecule has 0 bridgehead atoms. The van der Waals surface area contributed by atoms with Gasteiger partial charge in [-0.25, -0.2) is 0 Å². The van der Waals surface area contributed by atoms with Crippen molar-refractivity contribution in [3.8, 4) is 0 Å². The number of nitrogens with zero attached hydrogens (tertiary/aromatic N) is 4. The minimum absolute atomic E-state index is 0.0794. The zero-order valence-corrected chi connectivity index (χ0v) is 14.9. The van der Waals surface area contributed by atoms with Crippen LogP contribution < -0.4 is 5.32 Å². The van der Waals surface area contributed by atoms with Crippen LogP contribution in [0.5, 0.6) is 0 Å². The quantitative estimate of drug-likeness (QED) is 0.705. The van der Waals surface area contributed by atoms with Crippen LogP contribution in [0.4, 0.5) is 5.82 Å². The van der Waals surface area contributed by atoms with E-state index in [0.717, 1.165) is 15.7 Å². The summed E-state index contributed by atoms with van der Waals surface area (Å²) in [4.78, 5) is 12.0. The van der Waals surface area contributed by atoms with Gasteiger partial charge in [0.05, 0.1) is 16.7 Å². The third kappa shape index (κ3) is 4.32. The predicted molar refractivity (Wildman–Crippen MR) is 95.7 cm³/mol. The molecule has 0 spiro atoms. The summed E-state index contributed by atoms with van der Waals surface area (Å²) in [5.74, 6) is 0.484. The molecule has 1 aromatic carbocycles. The highest BCUT2D eigenvalue weighted by molar-refractivity contribution is 9.10. The summed E-state index contributed by atoms with van der Waals surface area (Å²) in [5.41, 5.74) is 2.08. The average molecular weight is 388 g/mol. The summed E-state index contributed by atoms with van der Waals surface area (Å²) < 4.78 is 4.51. The van der Waals surface area contributed by atoms with Crippen molar-refractivity contribution in [3.63, 3.8) is 0 Å². The van der Waals surface area contributed by atoms with Gasteiger partial charge in [0.15, 0.2) is 5.82 Å². The molecule has 3 rings (SSSR count). The fourth-order valence-corrected chi connectivity index (χ4v) is 2.63. The SMILES string of the molecule is Cc1nn(CCC(=O)Nc2ccn(Cc3ccccc3)n2)cc1Br. The number of hydrogen-bond donors (Lipinski definition) is 1. The lowest BCUT2D eigenvalue weighted by atomic mass is 10.2. The van der Waals surface area contributed by atoms with Crippen molar-refractivity contribution in [2.24, 2.45) is 0 Å². The largest absolute Gasteiger partial charge is 0.309 e. The third-order valence-corrected chi connectivity index (χ3v) is 4.33. The topological polar surface area (TPSA) is 64.7 Å². The Hall–Kier alpha value is -2.41. The minimum Gasteiger partial charge on any atom is -0.309 e. The van der Waals surface area contributed by atoms with Crippen molar-refractivity contribution in [1.29, 1.82) is 0 Å². The predicted octanol–water partition coefficient (Wildman–Crippen LogP) is 3.23. The summed E-state index contributed by atoms with van der Waals surface area (Å²) >= 11 is 3.41. The van der Waals surface area contributed by atoms with Gasteiger partial charge in [0.25, 0.3) is 0 Å². The lowest BCUT2D eigenvalue weighted by Gasteiger charge is -2.03. The number of nitrogens with one attached hydrogen (secondary N) is 1. The van der Waals surface area contributed by atoms with Gasteiger partial charge < -0.3 is 5.32 Å². The van der Waals surface area contributed by atoms with Crippen molar-refractivity contribution in [2.45, 2.75) is 26.4 Å². The number of hydrogen-bond acceptors (Lipinski definition) is 3. The Labute approximate surface area is 148 Å². The van der Waals surface area contributed by atoms with Gasteiger partial charge in [-0.3, -0.25) is 14.2 Å². The van der Waals surface area contributed by atoms with E-state index in [1.807, 2.05) is 49.6 Å². The zero-order valence-electron chi connectivity index (χ0n) is 13.3. The maximum Gasteiger partial charge on any atom is 0.227 e. The monoisotopic (exact) mass is 387 g/mol. The molecule has 2 aromatic heterocycles. The van der Waals surface area contributed by atoms with Gasteiger partial charge in [0, 0.05) is 31.4 Å². The van der Waals surface area contributed by atoms with Crippen LogP contribution in [0.1, 0.15) is 17.7 Å². The number of anilines is 1. The maximum absolute atomic E-state index is 12.0. The van der Waals surface area contributed by atoms with E-state index < -0.39 is 0 Å². The summed E-state index contributed by atoms with van der Waals surface area (Å²) in [6.07, 6.45) is 4.08. The van der Waals surface area contributed by atoms with Crippen LogP contribution in [0.3, 0.4) is 0 Å². The molecule has 7 heteroatoms. The highest BCUT2D eigenvalue weighted by Crippen LogP contribution is 2.13. The van der Waals surface area contributed by atoms with E-state index >= 15 is 0 Å². The maximum atomic E-state index is 12.0. The van der Waals surface area contributed by atoms with Gasteiger partial charge in [0.2, 0.25) is 5.91 Å². The highest BCUT2D eigenvalue weighted by Gasteiger charge is 2.07. The second-order valence-electron chi connectivity index (χ2n) is 5.51. The van der Waals surface area contributed by atoms with Crippen molar-refractivity contribution < 1.29 is 4.79 Å². The Morgan fingerprint density at radius 1 is 1.17 bits per heavy atom. The van der Waals surface area contributed by atoms with Crippen molar-refractivity contribution in [1.82, 2.24) is 19.6 Å². The minimum atomic E-state index is -0.0794. The molecule has 3 aromatic rings. The molecule has 0 saturated heterocycles. The first-order valence-electron chi connectivity index (χ1n) is 7.67. The molecule has 0 radical (unpaired) electrons. The summed E-state index contributed by atoms with van der Waals surface area (Å²) in [7, 11) is 0. The van der Waals surface area contributed by atoms with E-state index in [1.165, 1.54) is 0 Å². The Morgan fingerprint density at radius 2 is 1.96 bits per heavy atom. The second kappa shape index (κ2) is 7.44. The van der Waals surface area contributed by atoms with Crippen LogP contribution in [0.15, 0.2) is 53.3 Å². The molecule has 6 nitrogen and oxygen atoms in total. The number of halogens is 1. The summed E-state index contributed by atoms with van der Waals surface area (Å²) in [5, 5.41) is 11.5. The fourth-order valence-electron chi connectivity index (χ4n) is 2.32. The Bertz CT molecular complexity index is 805. The summed E-state index contributed by atoms with van der Waals surface area (Å²) in [6.45, 7) is 3.13. The van der Waals surface area contributed by atoms with Crippen LogP contribution >= 0.6 is 15.9 Å². The number of carbonyl (C=O) groups excluding carboxylic acids is 1. The average Bonchev–Trinajstić information content (AvgIpc) is 3.13. The normalized spacial score (nSPS) is 10.8. The zero-order chi connectivity index (χ0) is 16.9. The van der Waals surface area contributed by atoms with Gasteiger partial charge in [-0.1, -0.05) is 30.3 Å². The lowest BCUT2D eigenvalue weighted by Crippen LogP contribution is -2.15. The first-order chi connectivity index (χ1) is 11.6. The van der Waals surface area contributed by atoms with Gasteiger partial charge in [-0.05, 0) is 28.4 Å². The van der Waals surface area contributed by atoms with Gasteiger partial charge in [-0.2, -0.15) is 10.2 Å². The standard InChI is InChI=1S/C17H18BrN5O/c1-13-15(18)12-23(20-13)10-8-17(24)19-16-7-9-22(21-16)11-14-5-3-2-4-6-14/h2-7,9,12H,8,10-11H2,1H3,(H,19,21,24). The molecule has 1 amide bonds. The van der Waals surface area contributed by atoms with Crippen LogP contribution in [0.25, 0.3) is 0 Å².